The van der Waals surface area contributed by atoms with Gasteiger partial charge in [-0.3, -0.25) is 0 Å². The van der Waals surface area contributed by atoms with Crippen LogP contribution in [-0.2, 0) is 0 Å². The largest absolute Gasteiger partial charge is 0.478 e. The predicted molar refractivity (Wildman–Crippen MR) is 68.0 cm³/mol. The van der Waals surface area contributed by atoms with Gasteiger partial charge in [-0.1, -0.05) is 0 Å². The minimum absolute atomic E-state index is 1.82. The zero-order chi connectivity index (χ0) is 19.7. The van der Waals surface area contributed by atoms with Gasteiger partial charge in [-0.15, -0.1) is 0 Å². The predicted octanol–water partition coefficient (Wildman–Crippen LogP) is 4.94. The molecule has 0 spiro atoms. The maximum Gasteiger partial charge on any atom is 0.339 e. The lowest BCUT2D eigenvalue weighted by Crippen LogP contribution is -2.11. The number of aromatic carboxylic acids is 1. The molecule has 0 saturated carbocycles. The lowest BCUT2D eigenvalue weighted by atomic mass is 9.96. The van der Waals surface area contributed by atoms with E-state index in [1.165, 1.54) is 0 Å². The SMILES string of the molecule is O=C(O)c1c(F)c(F)c(F)c2c(F)c3c(F)c(F)c(F)c(F)c3c(F)c12. The highest BCUT2D eigenvalue weighted by molar-refractivity contribution is 6.10. The molecule has 0 heterocycles. The third-order valence-corrected chi connectivity index (χ3v) is 3.68. The molecule has 2 nitrogen and oxygen atoms in total. The van der Waals surface area contributed by atoms with Crippen LogP contribution in [0.4, 0.5) is 39.5 Å². The van der Waals surface area contributed by atoms with Crippen LogP contribution in [0.5, 0.6) is 0 Å². The Bertz CT molecular complexity index is 1150. The van der Waals surface area contributed by atoms with Gasteiger partial charge in [0.2, 0.25) is 0 Å². The first kappa shape index (κ1) is 17.8. The van der Waals surface area contributed by atoms with Crippen LogP contribution in [-0.4, -0.2) is 11.1 Å². The number of benzene rings is 3. The molecule has 0 radical (unpaired) electrons. The van der Waals surface area contributed by atoms with Crippen LogP contribution in [0, 0.1) is 52.4 Å². The second kappa shape index (κ2) is 5.51. The maximum atomic E-state index is 14.5. The highest BCUT2D eigenvalue weighted by atomic mass is 19.2. The molecular weight excluding hydrogens is 383 g/mol. The molecule has 0 amide bonds. The molecule has 0 fully saturated rings. The van der Waals surface area contributed by atoms with Gasteiger partial charge in [-0.05, 0) is 0 Å². The number of rotatable bonds is 1. The molecule has 0 aliphatic carbocycles. The third kappa shape index (κ3) is 1.99. The Balaban J connectivity index is 2.85. The van der Waals surface area contributed by atoms with Crippen LogP contribution in [0.1, 0.15) is 10.4 Å². The van der Waals surface area contributed by atoms with Crippen molar-refractivity contribution in [3.05, 3.63) is 57.9 Å². The van der Waals surface area contributed by atoms with Crippen molar-refractivity contribution in [2.75, 3.05) is 0 Å². The van der Waals surface area contributed by atoms with E-state index in [1.807, 2.05) is 0 Å². The van der Waals surface area contributed by atoms with Crippen molar-refractivity contribution in [2.45, 2.75) is 0 Å². The summed E-state index contributed by atoms with van der Waals surface area (Å²) in [6.07, 6.45) is 0. The second-order valence-electron chi connectivity index (χ2n) is 5.01. The Morgan fingerprint density at radius 2 is 0.769 bits per heavy atom. The number of hydrogen-bond donors (Lipinski definition) is 1. The summed E-state index contributed by atoms with van der Waals surface area (Å²) in [5.41, 5.74) is -1.94. The van der Waals surface area contributed by atoms with E-state index in [9.17, 15) is 44.3 Å². The summed E-state index contributed by atoms with van der Waals surface area (Å²) < 4.78 is 124. The van der Waals surface area contributed by atoms with Crippen molar-refractivity contribution >= 4 is 27.5 Å². The standard InChI is InChI=1S/C15HF9O2/c16-6-1-2(8(18)12(22)11(21)5(1)15(25)26)7(17)4-3(6)9(19)13(23)14(24)10(4)20/h(H,25,26). The van der Waals surface area contributed by atoms with Crippen LogP contribution in [0.25, 0.3) is 21.5 Å². The van der Waals surface area contributed by atoms with E-state index >= 15 is 0 Å². The summed E-state index contributed by atoms with van der Waals surface area (Å²) in [4.78, 5) is 11.1. The van der Waals surface area contributed by atoms with E-state index in [1.54, 1.807) is 0 Å². The van der Waals surface area contributed by atoms with Gasteiger partial charge >= 0.3 is 5.97 Å². The average molecular weight is 384 g/mol. The highest BCUT2D eigenvalue weighted by Gasteiger charge is 2.34. The molecule has 0 unspecified atom stereocenters. The van der Waals surface area contributed by atoms with Crippen molar-refractivity contribution < 1.29 is 49.4 Å². The van der Waals surface area contributed by atoms with Gasteiger partial charge in [0.15, 0.2) is 40.7 Å². The van der Waals surface area contributed by atoms with Gasteiger partial charge in [0.25, 0.3) is 0 Å². The molecule has 1 N–H and O–H groups in total. The maximum absolute atomic E-state index is 14.5. The number of hydrogen-bond acceptors (Lipinski definition) is 1. The fraction of sp³-hybridized carbons (Fsp3) is 0. The number of halogens is 9. The highest BCUT2D eigenvalue weighted by Crippen LogP contribution is 2.40. The Hall–Kier alpha value is -2.98. The Labute approximate surface area is 136 Å². The van der Waals surface area contributed by atoms with Gasteiger partial charge in [0, 0.05) is 5.39 Å². The van der Waals surface area contributed by atoms with E-state index < -0.39 is 85.4 Å². The first-order valence-corrected chi connectivity index (χ1v) is 6.38. The van der Waals surface area contributed by atoms with Crippen LogP contribution >= 0.6 is 0 Å². The van der Waals surface area contributed by atoms with E-state index in [0.717, 1.165) is 0 Å². The normalized spacial score (nSPS) is 11.6. The van der Waals surface area contributed by atoms with Crippen LogP contribution < -0.4 is 0 Å². The minimum Gasteiger partial charge on any atom is -0.478 e. The molecule has 0 bridgehead atoms. The van der Waals surface area contributed by atoms with E-state index in [4.69, 9.17) is 5.11 Å². The topological polar surface area (TPSA) is 37.3 Å². The molecule has 26 heavy (non-hydrogen) atoms. The molecule has 0 atom stereocenters. The minimum atomic E-state index is -2.58. The number of carboxylic acid groups (broad SMARTS) is 1. The smallest absolute Gasteiger partial charge is 0.339 e. The van der Waals surface area contributed by atoms with Crippen molar-refractivity contribution in [1.29, 1.82) is 0 Å². The Morgan fingerprint density at radius 1 is 0.462 bits per heavy atom. The zero-order valence-electron chi connectivity index (χ0n) is 11.8. The van der Waals surface area contributed by atoms with E-state index in [0.29, 0.717) is 0 Å². The quantitative estimate of drug-likeness (QED) is 0.279. The summed E-state index contributed by atoms with van der Waals surface area (Å²) in [6, 6.07) is 0. The molecular formula is C15HF9O2. The lowest BCUT2D eigenvalue weighted by molar-refractivity contribution is 0.0692. The number of carbonyl (C=O) groups is 1. The van der Waals surface area contributed by atoms with Crippen LogP contribution in [0.15, 0.2) is 0 Å². The Morgan fingerprint density at radius 3 is 1.15 bits per heavy atom. The van der Waals surface area contributed by atoms with Crippen molar-refractivity contribution in [2.24, 2.45) is 0 Å². The molecule has 0 aliphatic rings. The first-order chi connectivity index (χ1) is 12.0. The number of fused-ring (bicyclic) bond motifs is 2. The monoisotopic (exact) mass is 384 g/mol. The van der Waals surface area contributed by atoms with Crippen molar-refractivity contribution in [1.82, 2.24) is 0 Å². The molecule has 0 aromatic heterocycles. The van der Waals surface area contributed by atoms with Crippen LogP contribution in [0.2, 0.25) is 0 Å². The van der Waals surface area contributed by atoms with Gasteiger partial charge in [0.1, 0.15) is 17.2 Å². The van der Waals surface area contributed by atoms with Gasteiger partial charge in [-0.25, -0.2) is 44.3 Å². The average Bonchev–Trinajstić information content (AvgIpc) is 2.58. The molecule has 11 heteroatoms. The second-order valence-corrected chi connectivity index (χ2v) is 5.01. The summed E-state index contributed by atoms with van der Waals surface area (Å²) in [5, 5.41) is 1.28. The van der Waals surface area contributed by atoms with E-state index in [-0.39, 0.29) is 0 Å². The van der Waals surface area contributed by atoms with Crippen LogP contribution in [0.3, 0.4) is 0 Å². The first-order valence-electron chi connectivity index (χ1n) is 6.38. The summed E-state index contributed by atoms with van der Waals surface area (Å²) in [5.74, 6) is -24.6. The van der Waals surface area contributed by atoms with Crippen molar-refractivity contribution in [3.8, 4) is 0 Å². The molecule has 136 valence electrons. The van der Waals surface area contributed by atoms with Gasteiger partial charge in [-0.2, -0.15) is 0 Å². The molecule has 3 rings (SSSR count). The van der Waals surface area contributed by atoms with E-state index in [2.05, 4.69) is 0 Å². The van der Waals surface area contributed by atoms with Gasteiger partial charge in [0.05, 0.1) is 16.2 Å². The third-order valence-electron chi connectivity index (χ3n) is 3.68. The lowest BCUT2D eigenvalue weighted by Gasteiger charge is -2.14. The molecule has 3 aromatic carbocycles. The van der Waals surface area contributed by atoms with Crippen molar-refractivity contribution in [3.63, 3.8) is 0 Å². The molecule has 3 aromatic rings. The zero-order valence-corrected chi connectivity index (χ0v) is 11.8. The molecule has 0 aliphatic heterocycles. The fourth-order valence-electron chi connectivity index (χ4n) is 2.58. The van der Waals surface area contributed by atoms with Gasteiger partial charge < -0.3 is 5.11 Å². The summed E-state index contributed by atoms with van der Waals surface area (Å²) in [7, 11) is 0. The summed E-state index contributed by atoms with van der Waals surface area (Å²) in [6.45, 7) is 0. The summed E-state index contributed by atoms with van der Waals surface area (Å²) >= 11 is 0. The Kier molecular flexibility index (Phi) is 3.78. The molecule has 0 saturated heterocycles. The number of carboxylic acids is 1. The fourth-order valence-corrected chi connectivity index (χ4v) is 2.58.